The number of hydrogen-bond donors (Lipinski definition) is 5. The van der Waals surface area contributed by atoms with Gasteiger partial charge in [0.1, 0.15) is 11.5 Å². The Labute approximate surface area is 446 Å². The summed E-state index contributed by atoms with van der Waals surface area (Å²) in [5, 5.41) is 9.40. The number of alkyl halides is 6. The van der Waals surface area contributed by atoms with Crippen LogP contribution in [0.2, 0.25) is 0 Å². The van der Waals surface area contributed by atoms with Crippen LogP contribution in [0, 0.1) is 0 Å². The number of nitrogens with two attached hydrogens (primary N) is 2. The van der Waals surface area contributed by atoms with Crippen LogP contribution in [0.25, 0.3) is 0 Å². The van der Waals surface area contributed by atoms with E-state index in [4.69, 9.17) is 20.9 Å². The van der Waals surface area contributed by atoms with Gasteiger partial charge in [-0.15, -0.1) is 0 Å². The minimum atomic E-state index is -4.60. The van der Waals surface area contributed by atoms with Crippen LogP contribution in [0.3, 0.4) is 0 Å². The van der Waals surface area contributed by atoms with E-state index in [1.807, 2.05) is 36.4 Å². The molecule has 8 rings (SSSR count). The Bertz CT molecular complexity index is 2910. The molecule has 14 nitrogen and oxygen atoms in total. The van der Waals surface area contributed by atoms with Gasteiger partial charge < -0.3 is 41.8 Å². The minimum absolute atomic E-state index is 0. The first kappa shape index (κ1) is 60.5. The van der Waals surface area contributed by atoms with Crippen molar-refractivity contribution in [3.8, 4) is 11.5 Å². The quantitative estimate of drug-likeness (QED) is 0.0512. The molecule has 2 aliphatic heterocycles. The molecule has 414 valence electrons. The molecule has 0 spiro atoms. The fraction of sp³-hybridized carbons (Fsp3) is 0.404. The molecule has 2 aliphatic rings. The summed E-state index contributed by atoms with van der Waals surface area (Å²) < 4.78 is 93.6. The summed E-state index contributed by atoms with van der Waals surface area (Å²) in [7, 11) is 5.22. The third-order valence-electron chi connectivity index (χ3n) is 13.5. The first-order valence-corrected chi connectivity index (χ1v) is 24.7. The summed E-state index contributed by atoms with van der Waals surface area (Å²) in [5.74, 6) is 1.09. The Morgan fingerprint density at radius 3 is 1.38 bits per heavy atom. The van der Waals surface area contributed by atoms with E-state index in [2.05, 4.69) is 47.8 Å². The van der Waals surface area contributed by atoms with E-state index in [1.165, 1.54) is 5.56 Å². The molecule has 0 atom stereocenters. The number of nitrogens with zero attached hydrogens (tertiary/aromatic N) is 5. The monoisotopic (exact) mass is 1070 g/mol. The highest BCUT2D eigenvalue weighted by Crippen LogP contribution is 2.38. The molecule has 20 heteroatoms. The Hall–Kier alpha value is -7.32. The van der Waals surface area contributed by atoms with Crippen LogP contribution >= 0.6 is 0 Å². The zero-order valence-electron chi connectivity index (χ0n) is 42.1. The molecule has 4 heterocycles. The number of likely N-dealkylation sites (tertiary alicyclic amines) is 1. The molecule has 0 saturated carbocycles. The van der Waals surface area contributed by atoms with Gasteiger partial charge in [-0.05, 0) is 154 Å². The molecule has 2 amide bonds. The van der Waals surface area contributed by atoms with Crippen molar-refractivity contribution in [2.24, 2.45) is 11.5 Å². The summed E-state index contributed by atoms with van der Waals surface area (Å²) in [6, 6.07) is 25.8. The molecule has 6 aromatic rings. The molecule has 0 bridgehead atoms. The topological polar surface area (TPSA) is 196 Å². The van der Waals surface area contributed by atoms with Crippen LogP contribution in [0.1, 0.15) is 108 Å². The fourth-order valence-corrected chi connectivity index (χ4v) is 9.51. The maximum atomic E-state index is 13.8. The molecule has 0 aliphatic carbocycles. The second-order valence-corrected chi connectivity index (χ2v) is 18.7. The van der Waals surface area contributed by atoms with E-state index in [0.717, 1.165) is 80.9 Å². The number of methoxy groups -OCH3 is 2. The lowest BCUT2D eigenvalue weighted by Gasteiger charge is -2.29. The van der Waals surface area contributed by atoms with Crippen molar-refractivity contribution < 1.29 is 45.4 Å². The number of amides is 2. The number of aryl methyl sites for hydroxylation is 4. The van der Waals surface area contributed by atoms with Crippen LogP contribution in [-0.4, -0.2) is 84.1 Å². The van der Waals surface area contributed by atoms with E-state index in [1.54, 1.807) is 62.8 Å². The maximum absolute atomic E-state index is 13.8. The van der Waals surface area contributed by atoms with E-state index in [9.17, 15) is 35.9 Å². The molecular weight excluding hydrogens is 1000 g/mol. The summed E-state index contributed by atoms with van der Waals surface area (Å²) in [6.07, 6.45) is -2.85. The van der Waals surface area contributed by atoms with Gasteiger partial charge >= 0.3 is 12.4 Å². The third-order valence-corrected chi connectivity index (χ3v) is 13.5. The van der Waals surface area contributed by atoms with Crippen molar-refractivity contribution in [1.29, 1.82) is 0 Å². The number of anilines is 4. The second-order valence-electron chi connectivity index (χ2n) is 18.7. The van der Waals surface area contributed by atoms with Crippen LogP contribution in [0.4, 0.5) is 49.6 Å². The van der Waals surface area contributed by atoms with Crippen LogP contribution in [0.5, 0.6) is 11.5 Å². The number of nitrogens with one attached hydrogen (secondary N) is 3. The second kappa shape index (κ2) is 27.6. The third kappa shape index (κ3) is 16.8. The minimum Gasteiger partial charge on any atom is -0.495 e. The van der Waals surface area contributed by atoms with Crippen molar-refractivity contribution in [2.75, 3.05) is 58.1 Å². The predicted molar refractivity (Wildman–Crippen MR) is 288 cm³/mol. The average Bonchev–Trinajstić information content (AvgIpc) is 3.39. The number of benzene rings is 4. The highest BCUT2D eigenvalue weighted by Gasteiger charge is 2.36. The Kier molecular flexibility index (Phi) is 21.7. The maximum Gasteiger partial charge on any atom is 0.419 e. The number of rotatable bonds is 18. The average molecular weight is 1070 g/mol. The number of piperidine rings is 2. The number of ether oxygens (including phenoxy) is 2. The van der Waals surface area contributed by atoms with E-state index >= 15 is 0 Å². The van der Waals surface area contributed by atoms with Gasteiger partial charge in [0.05, 0.1) is 61.0 Å². The molecule has 2 saturated heterocycles. The molecule has 2 fully saturated rings. The van der Waals surface area contributed by atoms with Crippen LogP contribution < -0.4 is 36.9 Å². The number of primary amides is 2. The number of aromatic nitrogens is 4. The SMILES string of the molecule is C.C.COc1cc(C2CCN(C)CC2)ccc1Nc1ncc(C(F)(F)F)c(CCc2ccccc2CC(N)=O)n1.COc1cc(C2CCNCC2)ccc1Nc1ncc(C(F)(F)F)c(CCc2ccccc2CC(N)=O)n1. The van der Waals surface area contributed by atoms with Gasteiger partial charge in [0.25, 0.3) is 0 Å². The van der Waals surface area contributed by atoms with Gasteiger partial charge in [-0.2, -0.15) is 26.3 Å². The van der Waals surface area contributed by atoms with Gasteiger partial charge in [0.15, 0.2) is 0 Å². The number of carbonyl (C=O) groups is 2. The van der Waals surface area contributed by atoms with Gasteiger partial charge in [0, 0.05) is 12.4 Å². The lowest BCUT2D eigenvalue weighted by molar-refractivity contribution is -0.139. The summed E-state index contributed by atoms with van der Waals surface area (Å²) in [4.78, 5) is 41.5. The first-order chi connectivity index (χ1) is 35.9. The molecule has 0 unspecified atom stereocenters. The standard InChI is InChI=1S/C28H32F3N5O2.C27H30F3N5O2.2CH4/c1-36-13-11-19(12-14-36)21-8-10-24(25(15-21)38-2)35-27-33-17-22(28(29,30)31)23(34-27)9-7-18-5-3-4-6-20(18)16-26(32)37;1-37-24-14-20(18-10-12-32-13-11-18)7-9-23(24)35-26-33-16-21(27(28,29)30)22(34-26)8-6-17-4-2-3-5-19(17)15-25(31)36;;/h3-6,8,10,15,17,19H,7,9,11-14,16H2,1-2H3,(H2,32,37)(H,33,34,35);2-5,7,9,14,16,18,32H,6,8,10-13,15H2,1H3,(H2,31,36)(H,33,34,35);2*1H4. The molecule has 77 heavy (non-hydrogen) atoms. The zero-order valence-corrected chi connectivity index (χ0v) is 42.1. The van der Waals surface area contributed by atoms with Crippen LogP contribution in [-0.2, 0) is 60.5 Å². The van der Waals surface area contributed by atoms with Gasteiger partial charge in [-0.1, -0.05) is 75.5 Å². The highest BCUT2D eigenvalue weighted by molar-refractivity contribution is 5.77. The van der Waals surface area contributed by atoms with Crippen molar-refractivity contribution in [3.05, 3.63) is 153 Å². The Morgan fingerprint density at radius 2 is 1.00 bits per heavy atom. The Balaban J connectivity index is 0.000000277. The summed E-state index contributed by atoms with van der Waals surface area (Å²) in [5.41, 5.74) is 14.9. The van der Waals surface area contributed by atoms with E-state index in [-0.39, 0.29) is 76.7 Å². The Morgan fingerprint density at radius 1 is 0.610 bits per heavy atom. The largest absolute Gasteiger partial charge is 0.495 e. The number of hydrogen-bond acceptors (Lipinski definition) is 12. The summed E-state index contributed by atoms with van der Waals surface area (Å²) in [6.45, 7) is 3.98. The first-order valence-electron chi connectivity index (χ1n) is 24.7. The van der Waals surface area contributed by atoms with Crippen molar-refractivity contribution in [3.63, 3.8) is 0 Å². The van der Waals surface area contributed by atoms with Gasteiger partial charge in [0.2, 0.25) is 23.7 Å². The van der Waals surface area contributed by atoms with Gasteiger partial charge in [-0.3, -0.25) is 9.59 Å². The molecule has 0 radical (unpaired) electrons. The normalized spacial score (nSPS) is 14.2. The molecular formula is C57H70F6N10O4. The van der Waals surface area contributed by atoms with Crippen molar-refractivity contribution in [2.45, 2.75) is 103 Å². The highest BCUT2D eigenvalue weighted by atomic mass is 19.4. The smallest absolute Gasteiger partial charge is 0.419 e. The van der Waals surface area contributed by atoms with Crippen molar-refractivity contribution >= 4 is 35.1 Å². The molecule has 7 N–H and O–H groups in total. The van der Waals surface area contributed by atoms with Gasteiger partial charge in [-0.25, -0.2) is 19.9 Å². The van der Waals surface area contributed by atoms with Crippen LogP contribution in [0.15, 0.2) is 97.3 Å². The summed E-state index contributed by atoms with van der Waals surface area (Å²) >= 11 is 0. The zero-order chi connectivity index (χ0) is 53.7. The van der Waals surface area contributed by atoms with E-state index < -0.39 is 35.3 Å². The predicted octanol–water partition coefficient (Wildman–Crippen LogP) is 10.7. The molecule has 2 aromatic heterocycles. The molecule has 4 aromatic carbocycles. The van der Waals surface area contributed by atoms with E-state index in [0.29, 0.717) is 45.8 Å². The van der Waals surface area contributed by atoms with Crippen molar-refractivity contribution in [1.82, 2.24) is 30.2 Å². The number of carbonyl (C=O) groups excluding carboxylic acids is 2. The lowest BCUT2D eigenvalue weighted by atomic mass is 9.89. The fourth-order valence-electron chi connectivity index (χ4n) is 9.51. The number of halogens is 6. The lowest BCUT2D eigenvalue weighted by Crippen LogP contribution is -2.29.